The SMILES string of the molecule is CC(C)Oc1ccc(C(C)NC(=O)Cn2cnnn2)cc1. The number of aromatic nitrogens is 4. The van der Waals surface area contributed by atoms with Crippen LogP contribution in [0.2, 0.25) is 0 Å². The molecule has 0 aliphatic heterocycles. The summed E-state index contributed by atoms with van der Waals surface area (Å²) in [5, 5.41) is 13.5. The lowest BCUT2D eigenvalue weighted by molar-refractivity contribution is -0.122. The molecule has 1 N–H and O–H groups in total. The zero-order valence-electron chi connectivity index (χ0n) is 12.4. The first-order valence-corrected chi connectivity index (χ1v) is 6.81. The van der Waals surface area contributed by atoms with Crippen LogP contribution in [0.1, 0.15) is 32.4 Å². The summed E-state index contributed by atoms with van der Waals surface area (Å²) in [5.74, 6) is 0.679. The van der Waals surface area contributed by atoms with Gasteiger partial charge in [-0.3, -0.25) is 4.79 Å². The van der Waals surface area contributed by atoms with Crippen molar-refractivity contribution in [3.05, 3.63) is 36.2 Å². The van der Waals surface area contributed by atoms with Crippen LogP contribution >= 0.6 is 0 Å². The Bertz CT molecular complexity index is 566. The van der Waals surface area contributed by atoms with E-state index in [9.17, 15) is 4.79 Å². The molecule has 0 saturated heterocycles. The molecule has 1 aromatic carbocycles. The first-order valence-electron chi connectivity index (χ1n) is 6.81. The van der Waals surface area contributed by atoms with E-state index in [4.69, 9.17) is 4.74 Å². The average Bonchev–Trinajstić information content (AvgIpc) is 2.91. The number of rotatable bonds is 6. The van der Waals surface area contributed by atoms with Gasteiger partial charge in [-0.1, -0.05) is 12.1 Å². The standard InChI is InChI=1S/C14H19N5O2/c1-10(2)21-13-6-4-12(5-7-13)11(3)16-14(20)8-19-9-15-17-18-19/h4-7,9-11H,8H2,1-3H3,(H,16,20). The van der Waals surface area contributed by atoms with Crippen molar-refractivity contribution in [3.8, 4) is 5.75 Å². The minimum atomic E-state index is -0.141. The van der Waals surface area contributed by atoms with Gasteiger partial charge in [0.15, 0.2) is 0 Å². The second-order valence-corrected chi connectivity index (χ2v) is 5.03. The highest BCUT2D eigenvalue weighted by atomic mass is 16.5. The Balaban J connectivity index is 1.90. The fraction of sp³-hybridized carbons (Fsp3) is 0.429. The van der Waals surface area contributed by atoms with Crippen LogP contribution in [0, 0.1) is 0 Å². The summed E-state index contributed by atoms with van der Waals surface area (Å²) in [7, 11) is 0. The molecule has 1 aromatic heterocycles. The molecule has 1 atom stereocenters. The lowest BCUT2D eigenvalue weighted by Gasteiger charge is -2.15. The third-order valence-electron chi connectivity index (χ3n) is 2.83. The topological polar surface area (TPSA) is 81.9 Å². The summed E-state index contributed by atoms with van der Waals surface area (Å²) in [6.45, 7) is 5.99. The Morgan fingerprint density at radius 2 is 2.00 bits per heavy atom. The molecule has 2 rings (SSSR count). The highest BCUT2D eigenvalue weighted by Crippen LogP contribution is 2.18. The molecule has 0 bridgehead atoms. The fourth-order valence-corrected chi connectivity index (χ4v) is 1.88. The van der Waals surface area contributed by atoms with Crippen LogP contribution in [0.15, 0.2) is 30.6 Å². The van der Waals surface area contributed by atoms with Gasteiger partial charge >= 0.3 is 0 Å². The van der Waals surface area contributed by atoms with E-state index in [1.54, 1.807) is 0 Å². The summed E-state index contributed by atoms with van der Waals surface area (Å²) in [5.41, 5.74) is 1.01. The van der Waals surface area contributed by atoms with Crippen molar-refractivity contribution in [1.82, 2.24) is 25.5 Å². The predicted molar refractivity (Wildman–Crippen MR) is 76.6 cm³/mol. The number of ether oxygens (including phenoxy) is 1. The molecule has 1 amide bonds. The molecule has 2 aromatic rings. The monoisotopic (exact) mass is 289 g/mol. The zero-order chi connectivity index (χ0) is 15.2. The maximum Gasteiger partial charge on any atom is 0.242 e. The van der Waals surface area contributed by atoms with Gasteiger partial charge in [0.1, 0.15) is 18.6 Å². The van der Waals surface area contributed by atoms with Crippen LogP contribution < -0.4 is 10.1 Å². The summed E-state index contributed by atoms with van der Waals surface area (Å²) in [6.07, 6.45) is 1.55. The van der Waals surface area contributed by atoms with E-state index >= 15 is 0 Å². The van der Waals surface area contributed by atoms with Crippen LogP contribution in [0.25, 0.3) is 0 Å². The third kappa shape index (κ3) is 4.55. The predicted octanol–water partition coefficient (Wildman–Crippen LogP) is 1.34. The van der Waals surface area contributed by atoms with E-state index in [1.807, 2.05) is 45.0 Å². The Hall–Kier alpha value is -2.44. The Morgan fingerprint density at radius 1 is 1.29 bits per heavy atom. The second-order valence-electron chi connectivity index (χ2n) is 5.03. The van der Waals surface area contributed by atoms with E-state index < -0.39 is 0 Å². The highest BCUT2D eigenvalue weighted by Gasteiger charge is 2.11. The Morgan fingerprint density at radius 3 is 2.57 bits per heavy atom. The van der Waals surface area contributed by atoms with E-state index in [-0.39, 0.29) is 24.6 Å². The molecule has 0 aliphatic rings. The molecule has 1 unspecified atom stereocenters. The molecule has 7 heteroatoms. The Labute approximate surface area is 123 Å². The molecular formula is C14H19N5O2. The average molecular weight is 289 g/mol. The number of nitrogens with one attached hydrogen (secondary N) is 1. The van der Waals surface area contributed by atoms with Gasteiger partial charge < -0.3 is 10.1 Å². The quantitative estimate of drug-likeness (QED) is 0.867. The van der Waals surface area contributed by atoms with Crippen molar-refractivity contribution in [2.75, 3.05) is 0 Å². The molecule has 0 radical (unpaired) electrons. The maximum atomic E-state index is 11.9. The first kappa shape index (κ1) is 15.0. The van der Waals surface area contributed by atoms with E-state index in [1.165, 1.54) is 11.0 Å². The Kier molecular flexibility index (Phi) is 4.86. The molecule has 0 spiro atoms. The summed E-state index contributed by atoms with van der Waals surface area (Å²) >= 11 is 0. The van der Waals surface area contributed by atoms with Gasteiger partial charge in [0.05, 0.1) is 12.1 Å². The lowest BCUT2D eigenvalue weighted by atomic mass is 10.1. The van der Waals surface area contributed by atoms with E-state index in [0.29, 0.717) is 0 Å². The van der Waals surface area contributed by atoms with Gasteiger partial charge in [-0.15, -0.1) is 5.10 Å². The minimum absolute atomic E-state index is 0.0953. The number of nitrogens with zero attached hydrogens (tertiary/aromatic N) is 4. The number of hydrogen-bond donors (Lipinski definition) is 1. The number of amides is 1. The normalized spacial score (nSPS) is 12.2. The van der Waals surface area contributed by atoms with Crippen molar-refractivity contribution in [3.63, 3.8) is 0 Å². The number of benzene rings is 1. The van der Waals surface area contributed by atoms with Crippen molar-refractivity contribution >= 4 is 5.91 Å². The maximum absolute atomic E-state index is 11.9. The van der Waals surface area contributed by atoms with Gasteiger partial charge in [-0.25, -0.2) is 4.68 Å². The smallest absolute Gasteiger partial charge is 0.242 e. The zero-order valence-corrected chi connectivity index (χ0v) is 12.4. The second kappa shape index (κ2) is 6.83. The van der Waals surface area contributed by atoms with Gasteiger partial charge in [-0.2, -0.15) is 0 Å². The van der Waals surface area contributed by atoms with Gasteiger partial charge in [0, 0.05) is 0 Å². The molecule has 0 saturated carbocycles. The molecule has 7 nitrogen and oxygen atoms in total. The number of carbonyl (C=O) groups excluding carboxylic acids is 1. The first-order chi connectivity index (χ1) is 10.0. The number of tetrazole rings is 1. The van der Waals surface area contributed by atoms with Gasteiger partial charge in [-0.05, 0) is 48.9 Å². The lowest BCUT2D eigenvalue weighted by Crippen LogP contribution is -2.30. The highest BCUT2D eigenvalue weighted by molar-refractivity contribution is 5.76. The molecule has 0 fully saturated rings. The van der Waals surface area contributed by atoms with E-state index in [0.717, 1.165) is 11.3 Å². The van der Waals surface area contributed by atoms with Crippen molar-refractivity contribution < 1.29 is 9.53 Å². The van der Waals surface area contributed by atoms with E-state index in [2.05, 4.69) is 20.8 Å². The van der Waals surface area contributed by atoms with Crippen molar-refractivity contribution in [2.45, 2.75) is 39.5 Å². The fourth-order valence-electron chi connectivity index (χ4n) is 1.88. The number of hydrogen-bond acceptors (Lipinski definition) is 5. The van der Waals surface area contributed by atoms with Crippen LogP contribution in [0.4, 0.5) is 0 Å². The number of carbonyl (C=O) groups is 1. The van der Waals surface area contributed by atoms with Crippen LogP contribution in [-0.2, 0) is 11.3 Å². The van der Waals surface area contributed by atoms with Crippen molar-refractivity contribution in [1.29, 1.82) is 0 Å². The van der Waals surface area contributed by atoms with Crippen LogP contribution in [-0.4, -0.2) is 32.2 Å². The molecule has 21 heavy (non-hydrogen) atoms. The third-order valence-corrected chi connectivity index (χ3v) is 2.83. The largest absolute Gasteiger partial charge is 0.491 e. The van der Waals surface area contributed by atoms with Gasteiger partial charge in [0.25, 0.3) is 0 Å². The van der Waals surface area contributed by atoms with Crippen molar-refractivity contribution in [2.24, 2.45) is 0 Å². The minimum Gasteiger partial charge on any atom is -0.491 e. The van der Waals surface area contributed by atoms with Crippen LogP contribution in [0.3, 0.4) is 0 Å². The summed E-state index contributed by atoms with van der Waals surface area (Å²) < 4.78 is 6.96. The molecule has 112 valence electrons. The van der Waals surface area contributed by atoms with Gasteiger partial charge in [0.2, 0.25) is 5.91 Å². The summed E-state index contributed by atoms with van der Waals surface area (Å²) in [4.78, 5) is 11.9. The molecular weight excluding hydrogens is 270 g/mol. The molecule has 0 aliphatic carbocycles. The molecule has 1 heterocycles. The summed E-state index contributed by atoms with van der Waals surface area (Å²) in [6, 6.07) is 7.60. The van der Waals surface area contributed by atoms with Crippen LogP contribution in [0.5, 0.6) is 5.75 Å².